The molecule has 1 saturated heterocycles. The summed E-state index contributed by atoms with van der Waals surface area (Å²) in [6.07, 6.45) is 2.09. The fourth-order valence-corrected chi connectivity index (χ4v) is 3.12. The lowest BCUT2D eigenvalue weighted by Crippen LogP contribution is -2.32. The number of carbonyl (C=O) groups excluding carboxylic acids is 3. The Morgan fingerprint density at radius 2 is 1.79 bits per heavy atom. The van der Waals surface area contributed by atoms with Gasteiger partial charge in [-0.25, -0.2) is 9.48 Å². The molecular formula is C19H23N5O4. The second-order valence-electron chi connectivity index (χ2n) is 7.18. The Morgan fingerprint density at radius 1 is 1.11 bits per heavy atom. The van der Waals surface area contributed by atoms with Crippen molar-refractivity contribution in [2.24, 2.45) is 0 Å². The number of rotatable bonds is 8. The summed E-state index contributed by atoms with van der Waals surface area (Å²) in [4.78, 5) is 39.6. The molecule has 9 heteroatoms. The molecule has 9 nitrogen and oxygen atoms in total. The first kappa shape index (κ1) is 19.7. The zero-order valence-electron chi connectivity index (χ0n) is 16.0. The molecule has 0 bridgehead atoms. The molecule has 148 valence electrons. The molecule has 0 N–H and O–H groups in total. The van der Waals surface area contributed by atoms with Gasteiger partial charge in [0.1, 0.15) is 0 Å². The number of hydrogen-bond donors (Lipinski definition) is 0. The first-order valence-electron chi connectivity index (χ1n) is 9.29. The monoisotopic (exact) mass is 385 g/mol. The number of aryl methyl sites for hydroxylation is 1. The van der Waals surface area contributed by atoms with E-state index in [-0.39, 0.29) is 19.3 Å². The predicted molar refractivity (Wildman–Crippen MR) is 97.4 cm³/mol. The van der Waals surface area contributed by atoms with Crippen molar-refractivity contribution in [1.82, 2.24) is 25.3 Å². The van der Waals surface area contributed by atoms with E-state index in [9.17, 15) is 14.4 Å². The molecule has 3 rings (SSSR count). The number of tetrazole rings is 1. The minimum Gasteiger partial charge on any atom is -0.330 e. The zero-order chi connectivity index (χ0) is 20.1. The van der Waals surface area contributed by atoms with Crippen molar-refractivity contribution in [3.05, 3.63) is 41.7 Å². The molecule has 1 aromatic carbocycles. The van der Waals surface area contributed by atoms with Crippen LogP contribution in [-0.2, 0) is 31.2 Å². The minimum absolute atomic E-state index is 0.0893. The number of benzene rings is 1. The van der Waals surface area contributed by atoms with E-state index in [0.29, 0.717) is 24.3 Å². The van der Waals surface area contributed by atoms with Crippen molar-refractivity contribution < 1.29 is 19.2 Å². The third-order valence-electron chi connectivity index (χ3n) is 4.77. The Labute approximate surface area is 162 Å². The van der Waals surface area contributed by atoms with E-state index in [1.165, 1.54) is 0 Å². The van der Waals surface area contributed by atoms with E-state index < -0.39 is 23.3 Å². The van der Waals surface area contributed by atoms with Gasteiger partial charge in [0, 0.05) is 25.7 Å². The number of carbonyl (C=O) groups is 3. The van der Waals surface area contributed by atoms with E-state index in [2.05, 4.69) is 15.5 Å². The third-order valence-corrected chi connectivity index (χ3v) is 4.77. The maximum atomic E-state index is 11.8. The van der Waals surface area contributed by atoms with Gasteiger partial charge < -0.3 is 4.84 Å². The highest BCUT2D eigenvalue weighted by Gasteiger charge is 2.32. The van der Waals surface area contributed by atoms with Crippen LogP contribution in [0.25, 0.3) is 0 Å². The fourth-order valence-electron chi connectivity index (χ4n) is 3.12. The quantitative estimate of drug-likeness (QED) is 0.503. The van der Waals surface area contributed by atoms with Crippen molar-refractivity contribution in [1.29, 1.82) is 0 Å². The van der Waals surface area contributed by atoms with Crippen LogP contribution in [0.1, 0.15) is 57.3 Å². The Hall–Kier alpha value is -3.10. The number of hydroxylamine groups is 2. The van der Waals surface area contributed by atoms with Gasteiger partial charge in [0.2, 0.25) is 0 Å². The summed E-state index contributed by atoms with van der Waals surface area (Å²) in [5.41, 5.74) is 0.683. The maximum absolute atomic E-state index is 11.8. The smallest absolute Gasteiger partial charge is 0.330 e. The van der Waals surface area contributed by atoms with Gasteiger partial charge in [-0.15, -0.1) is 10.2 Å². The second-order valence-corrected chi connectivity index (χ2v) is 7.18. The summed E-state index contributed by atoms with van der Waals surface area (Å²) in [6.45, 7) is 4.09. The van der Waals surface area contributed by atoms with Crippen molar-refractivity contribution in [3.63, 3.8) is 0 Å². The number of hydrogen-bond acceptors (Lipinski definition) is 7. The molecule has 2 amide bonds. The summed E-state index contributed by atoms with van der Waals surface area (Å²) in [5.74, 6) is -0.804. The molecule has 2 aromatic rings. The highest BCUT2D eigenvalue weighted by atomic mass is 16.7. The predicted octanol–water partition coefficient (Wildman–Crippen LogP) is 1.78. The van der Waals surface area contributed by atoms with Crippen LogP contribution in [0.15, 0.2) is 30.3 Å². The van der Waals surface area contributed by atoms with Crippen molar-refractivity contribution in [2.75, 3.05) is 0 Å². The van der Waals surface area contributed by atoms with Crippen LogP contribution in [0.4, 0.5) is 0 Å². The lowest BCUT2D eigenvalue weighted by Gasteiger charge is -2.26. The van der Waals surface area contributed by atoms with Crippen LogP contribution in [0.3, 0.4) is 0 Å². The largest absolute Gasteiger partial charge is 0.333 e. The average Bonchev–Trinajstić information content (AvgIpc) is 3.28. The van der Waals surface area contributed by atoms with Gasteiger partial charge in [0.15, 0.2) is 5.82 Å². The molecule has 0 aliphatic carbocycles. The first-order valence-corrected chi connectivity index (χ1v) is 9.29. The highest BCUT2D eigenvalue weighted by Crippen LogP contribution is 2.25. The average molecular weight is 385 g/mol. The first-order chi connectivity index (χ1) is 13.4. The Bertz CT molecular complexity index is 846. The molecule has 1 aromatic heterocycles. The SMILES string of the molecule is CC(C)(c1ccccc1)n1nnnc1CCCCC(=O)ON1C(=O)CCC1=O. The molecular weight excluding hydrogens is 362 g/mol. The van der Waals surface area contributed by atoms with Gasteiger partial charge in [0.05, 0.1) is 5.54 Å². The summed E-state index contributed by atoms with van der Waals surface area (Å²) in [7, 11) is 0. The lowest BCUT2D eigenvalue weighted by molar-refractivity contribution is -0.197. The molecule has 0 unspecified atom stereocenters. The number of aromatic nitrogens is 4. The van der Waals surface area contributed by atoms with E-state index in [4.69, 9.17) is 4.84 Å². The molecule has 1 aliphatic rings. The summed E-state index contributed by atoms with van der Waals surface area (Å²) >= 11 is 0. The normalized spacial score (nSPS) is 14.6. The summed E-state index contributed by atoms with van der Waals surface area (Å²) in [5, 5.41) is 12.6. The standard InChI is InChI=1S/C19H23N5O4/c1-19(2,14-8-4-3-5-9-14)24-15(20-21-22-24)10-6-7-11-18(27)28-23-16(25)12-13-17(23)26/h3-5,8-9H,6-7,10-13H2,1-2H3. The maximum Gasteiger partial charge on any atom is 0.333 e. The van der Waals surface area contributed by atoms with E-state index >= 15 is 0 Å². The number of amides is 2. The van der Waals surface area contributed by atoms with Crippen LogP contribution >= 0.6 is 0 Å². The summed E-state index contributed by atoms with van der Waals surface area (Å²) < 4.78 is 1.79. The van der Waals surface area contributed by atoms with Crippen LogP contribution in [-0.4, -0.2) is 43.1 Å². The van der Waals surface area contributed by atoms with Crippen molar-refractivity contribution in [2.45, 2.75) is 57.9 Å². The van der Waals surface area contributed by atoms with Crippen LogP contribution in [0.2, 0.25) is 0 Å². The highest BCUT2D eigenvalue weighted by molar-refractivity contribution is 6.01. The second kappa shape index (κ2) is 8.28. The van der Waals surface area contributed by atoms with Crippen LogP contribution in [0, 0.1) is 0 Å². The topological polar surface area (TPSA) is 107 Å². The zero-order valence-corrected chi connectivity index (χ0v) is 16.0. The Morgan fingerprint density at radius 3 is 2.46 bits per heavy atom. The van der Waals surface area contributed by atoms with E-state index in [1.54, 1.807) is 4.68 Å². The van der Waals surface area contributed by atoms with Gasteiger partial charge in [0.25, 0.3) is 11.8 Å². The third kappa shape index (κ3) is 4.24. The van der Waals surface area contributed by atoms with Crippen molar-refractivity contribution in [3.8, 4) is 0 Å². The van der Waals surface area contributed by atoms with Gasteiger partial charge in [-0.05, 0) is 42.7 Å². The molecule has 0 radical (unpaired) electrons. The van der Waals surface area contributed by atoms with Gasteiger partial charge in [-0.3, -0.25) is 9.59 Å². The number of nitrogens with zero attached hydrogens (tertiary/aromatic N) is 5. The minimum atomic E-state index is -0.590. The number of imide groups is 1. The van der Waals surface area contributed by atoms with Gasteiger partial charge >= 0.3 is 5.97 Å². The van der Waals surface area contributed by atoms with Crippen LogP contribution < -0.4 is 0 Å². The molecule has 0 atom stereocenters. The lowest BCUT2D eigenvalue weighted by atomic mass is 9.94. The molecule has 0 spiro atoms. The van der Waals surface area contributed by atoms with Gasteiger partial charge in [-0.2, -0.15) is 0 Å². The molecule has 1 aliphatic heterocycles. The molecule has 2 heterocycles. The summed E-state index contributed by atoms with van der Waals surface area (Å²) in [6, 6.07) is 9.97. The Kier molecular flexibility index (Phi) is 5.81. The molecule has 28 heavy (non-hydrogen) atoms. The van der Waals surface area contributed by atoms with Crippen LogP contribution in [0.5, 0.6) is 0 Å². The van der Waals surface area contributed by atoms with Crippen molar-refractivity contribution >= 4 is 17.8 Å². The fraction of sp³-hybridized carbons (Fsp3) is 0.474. The molecule has 1 fully saturated rings. The van der Waals surface area contributed by atoms with E-state index in [0.717, 1.165) is 11.4 Å². The Balaban J connectivity index is 1.51. The number of unbranched alkanes of at least 4 members (excludes halogenated alkanes) is 1. The molecule has 0 saturated carbocycles. The van der Waals surface area contributed by atoms with Gasteiger partial charge in [-0.1, -0.05) is 30.3 Å². The van der Waals surface area contributed by atoms with E-state index in [1.807, 2.05) is 44.2 Å².